The van der Waals surface area contributed by atoms with Gasteiger partial charge in [0, 0.05) is 24.5 Å². The molecule has 3 unspecified atom stereocenters. The number of carbonyl (C=O) groups excluding carboxylic acids is 1. The Bertz CT molecular complexity index is 390. The fraction of sp³-hybridized carbons (Fsp3) is 0.562. The largest absolute Gasteiger partial charge is 0.355 e. The Hall–Kier alpha value is -1.39. The second-order valence-electron chi connectivity index (χ2n) is 5.39. The van der Waals surface area contributed by atoms with Crippen molar-refractivity contribution in [3.63, 3.8) is 0 Å². The van der Waals surface area contributed by atoms with Gasteiger partial charge in [0.15, 0.2) is 0 Å². The fourth-order valence-electron chi connectivity index (χ4n) is 2.64. The maximum absolute atomic E-state index is 9.82. The van der Waals surface area contributed by atoms with Crippen LogP contribution in [0.25, 0.3) is 0 Å². The van der Waals surface area contributed by atoms with Crippen molar-refractivity contribution >= 4 is 6.41 Å². The van der Waals surface area contributed by atoms with Crippen molar-refractivity contribution in [3.8, 4) is 0 Å². The average Bonchev–Trinajstić information content (AvgIpc) is 3.06. The van der Waals surface area contributed by atoms with Gasteiger partial charge in [0.05, 0.1) is 0 Å². The number of carbonyl (C=O) groups is 1. The monoisotopic (exact) mass is 275 g/mol. The van der Waals surface area contributed by atoms with Gasteiger partial charge in [-0.1, -0.05) is 37.3 Å². The Morgan fingerprint density at radius 2 is 2.15 bits per heavy atom. The van der Waals surface area contributed by atoms with Crippen LogP contribution in [0.15, 0.2) is 30.3 Å². The standard InChI is InChI=1S/C11H15N.C5H10N2O/c1-2-12-11-8-10(11)9-6-4-3-5-7-9;8-4-7-5-1-2-6-3-5/h3-7,10-12H,2,8H2,1H3;4-6H,1-3H2,(H,7,8). The van der Waals surface area contributed by atoms with Crippen LogP contribution in [0.1, 0.15) is 31.2 Å². The number of rotatable bonds is 5. The Balaban J connectivity index is 0.000000160. The van der Waals surface area contributed by atoms with Crippen LogP contribution in [0.5, 0.6) is 0 Å². The maximum atomic E-state index is 9.82. The molecular formula is C16H25N3O. The molecule has 110 valence electrons. The lowest BCUT2D eigenvalue weighted by atomic mass is 10.1. The van der Waals surface area contributed by atoms with E-state index in [4.69, 9.17) is 0 Å². The summed E-state index contributed by atoms with van der Waals surface area (Å²) < 4.78 is 0. The molecule has 1 saturated heterocycles. The van der Waals surface area contributed by atoms with E-state index in [0.717, 1.165) is 44.4 Å². The molecule has 1 aromatic carbocycles. The van der Waals surface area contributed by atoms with Crippen LogP contribution in [0.2, 0.25) is 0 Å². The van der Waals surface area contributed by atoms with Gasteiger partial charge in [-0.25, -0.2) is 0 Å². The van der Waals surface area contributed by atoms with E-state index < -0.39 is 0 Å². The highest BCUT2D eigenvalue weighted by Crippen LogP contribution is 2.40. The van der Waals surface area contributed by atoms with Crippen molar-refractivity contribution in [1.29, 1.82) is 0 Å². The zero-order valence-electron chi connectivity index (χ0n) is 12.1. The summed E-state index contributed by atoms with van der Waals surface area (Å²) in [6.45, 7) is 5.22. The molecule has 1 aromatic rings. The summed E-state index contributed by atoms with van der Waals surface area (Å²) >= 11 is 0. The normalized spacial score (nSPS) is 27.4. The van der Waals surface area contributed by atoms with Gasteiger partial charge in [0.1, 0.15) is 0 Å². The summed E-state index contributed by atoms with van der Waals surface area (Å²) in [7, 11) is 0. The summed E-state index contributed by atoms with van der Waals surface area (Å²) in [5.74, 6) is 0.783. The highest BCUT2D eigenvalue weighted by atomic mass is 16.1. The van der Waals surface area contributed by atoms with Gasteiger partial charge in [-0.15, -0.1) is 0 Å². The topological polar surface area (TPSA) is 53.2 Å². The Labute approximate surface area is 121 Å². The van der Waals surface area contributed by atoms with E-state index in [1.807, 2.05) is 0 Å². The molecule has 4 nitrogen and oxygen atoms in total. The molecule has 1 aliphatic carbocycles. The minimum Gasteiger partial charge on any atom is -0.355 e. The van der Waals surface area contributed by atoms with E-state index in [0.29, 0.717) is 6.04 Å². The molecular weight excluding hydrogens is 250 g/mol. The van der Waals surface area contributed by atoms with Crippen molar-refractivity contribution in [2.75, 3.05) is 19.6 Å². The predicted octanol–water partition coefficient (Wildman–Crippen LogP) is 1.25. The second kappa shape index (κ2) is 8.02. The molecule has 1 amide bonds. The van der Waals surface area contributed by atoms with E-state index in [1.54, 1.807) is 0 Å². The molecule has 0 radical (unpaired) electrons. The zero-order valence-corrected chi connectivity index (χ0v) is 12.1. The average molecular weight is 275 g/mol. The SMILES string of the molecule is CCNC1CC1c1ccccc1.O=CNC1CCNC1. The quantitative estimate of drug-likeness (QED) is 0.709. The number of hydrogen-bond donors (Lipinski definition) is 3. The van der Waals surface area contributed by atoms with Crippen LogP contribution >= 0.6 is 0 Å². The first-order chi connectivity index (χ1) is 9.85. The van der Waals surface area contributed by atoms with E-state index in [-0.39, 0.29) is 0 Å². The first kappa shape index (κ1) is 15.0. The lowest BCUT2D eigenvalue weighted by Crippen LogP contribution is -2.29. The Morgan fingerprint density at radius 3 is 2.75 bits per heavy atom. The number of hydrogen-bond acceptors (Lipinski definition) is 3. The molecule has 3 atom stereocenters. The number of amides is 1. The summed E-state index contributed by atoms with van der Waals surface area (Å²) in [5, 5.41) is 9.31. The van der Waals surface area contributed by atoms with Crippen molar-refractivity contribution in [2.24, 2.45) is 0 Å². The zero-order chi connectivity index (χ0) is 14.2. The molecule has 0 spiro atoms. The van der Waals surface area contributed by atoms with E-state index in [2.05, 4.69) is 53.2 Å². The summed E-state index contributed by atoms with van der Waals surface area (Å²) in [4.78, 5) is 9.82. The molecule has 0 aromatic heterocycles. The molecule has 2 fully saturated rings. The van der Waals surface area contributed by atoms with E-state index in [9.17, 15) is 4.79 Å². The minimum atomic E-state index is 0.382. The van der Waals surface area contributed by atoms with Gasteiger partial charge in [-0.2, -0.15) is 0 Å². The maximum Gasteiger partial charge on any atom is 0.207 e. The molecule has 1 saturated carbocycles. The van der Waals surface area contributed by atoms with Crippen LogP contribution in [0.4, 0.5) is 0 Å². The highest BCUT2D eigenvalue weighted by Gasteiger charge is 2.36. The third-order valence-electron chi connectivity index (χ3n) is 3.85. The molecule has 3 N–H and O–H groups in total. The number of nitrogens with one attached hydrogen (secondary N) is 3. The molecule has 1 aliphatic heterocycles. The van der Waals surface area contributed by atoms with Crippen LogP contribution in [-0.4, -0.2) is 38.1 Å². The predicted molar refractivity (Wildman–Crippen MR) is 81.7 cm³/mol. The third kappa shape index (κ3) is 4.62. The lowest BCUT2D eigenvalue weighted by molar-refractivity contribution is -0.110. The first-order valence-corrected chi connectivity index (χ1v) is 7.54. The van der Waals surface area contributed by atoms with Crippen LogP contribution < -0.4 is 16.0 Å². The molecule has 2 aliphatic rings. The summed E-state index contributed by atoms with van der Waals surface area (Å²) in [6.07, 6.45) is 3.15. The van der Waals surface area contributed by atoms with Crippen molar-refractivity contribution in [2.45, 2.75) is 37.8 Å². The third-order valence-corrected chi connectivity index (χ3v) is 3.85. The molecule has 1 heterocycles. The summed E-state index contributed by atoms with van der Waals surface area (Å²) in [6, 6.07) is 11.9. The summed E-state index contributed by atoms with van der Waals surface area (Å²) in [5.41, 5.74) is 1.49. The molecule has 20 heavy (non-hydrogen) atoms. The fourth-order valence-corrected chi connectivity index (χ4v) is 2.64. The first-order valence-electron chi connectivity index (χ1n) is 7.54. The van der Waals surface area contributed by atoms with Crippen molar-refractivity contribution < 1.29 is 4.79 Å². The molecule has 3 rings (SSSR count). The van der Waals surface area contributed by atoms with Gasteiger partial charge in [-0.3, -0.25) is 4.79 Å². The minimum absolute atomic E-state index is 0.382. The van der Waals surface area contributed by atoms with Gasteiger partial charge in [-0.05, 0) is 31.5 Å². The Morgan fingerprint density at radius 1 is 1.35 bits per heavy atom. The van der Waals surface area contributed by atoms with Gasteiger partial charge in [0.2, 0.25) is 6.41 Å². The van der Waals surface area contributed by atoms with Crippen LogP contribution in [-0.2, 0) is 4.79 Å². The van der Waals surface area contributed by atoms with E-state index in [1.165, 1.54) is 12.0 Å². The van der Waals surface area contributed by atoms with Crippen molar-refractivity contribution in [3.05, 3.63) is 35.9 Å². The smallest absolute Gasteiger partial charge is 0.207 e. The van der Waals surface area contributed by atoms with E-state index >= 15 is 0 Å². The molecule has 0 bridgehead atoms. The van der Waals surface area contributed by atoms with Gasteiger partial charge >= 0.3 is 0 Å². The van der Waals surface area contributed by atoms with Crippen molar-refractivity contribution in [1.82, 2.24) is 16.0 Å². The Kier molecular flexibility index (Phi) is 6.02. The van der Waals surface area contributed by atoms with Gasteiger partial charge in [0.25, 0.3) is 0 Å². The second-order valence-corrected chi connectivity index (χ2v) is 5.39. The van der Waals surface area contributed by atoms with Gasteiger partial charge < -0.3 is 16.0 Å². The number of likely N-dealkylation sites (N-methyl/N-ethyl adjacent to an activating group) is 1. The van der Waals surface area contributed by atoms with Crippen LogP contribution in [0.3, 0.4) is 0 Å². The highest BCUT2D eigenvalue weighted by molar-refractivity contribution is 5.46. The lowest BCUT2D eigenvalue weighted by Gasteiger charge is -2.02. The van der Waals surface area contributed by atoms with Crippen LogP contribution in [0, 0.1) is 0 Å². The molecule has 4 heteroatoms. The number of benzene rings is 1.